The third kappa shape index (κ3) is 3.42. The minimum absolute atomic E-state index is 0.0842. The Morgan fingerprint density at radius 1 is 1.59 bits per heavy atom. The third-order valence-corrected chi connectivity index (χ3v) is 3.63. The Morgan fingerprint density at radius 2 is 2.41 bits per heavy atom. The number of nitrogens with one attached hydrogen (secondary N) is 3. The zero-order valence-electron chi connectivity index (χ0n) is 8.96. The van der Waals surface area contributed by atoms with Gasteiger partial charge >= 0.3 is 0 Å². The van der Waals surface area contributed by atoms with Crippen LogP contribution >= 0.6 is 22.9 Å². The van der Waals surface area contributed by atoms with E-state index in [-0.39, 0.29) is 24.4 Å². The van der Waals surface area contributed by atoms with Crippen molar-refractivity contribution in [1.82, 2.24) is 16.0 Å². The normalized spacial score (nSPS) is 19.8. The molecular weight excluding hydrogens is 262 g/mol. The van der Waals surface area contributed by atoms with Crippen molar-refractivity contribution in [2.75, 3.05) is 13.1 Å². The molecule has 1 unspecified atom stereocenters. The molecule has 2 amide bonds. The van der Waals surface area contributed by atoms with Crippen LogP contribution in [0.4, 0.5) is 0 Å². The number of carbonyl (C=O) groups excluding carboxylic acids is 2. The second-order valence-electron chi connectivity index (χ2n) is 3.66. The van der Waals surface area contributed by atoms with Gasteiger partial charge in [0.1, 0.15) is 6.04 Å². The average Bonchev–Trinajstić information content (AvgIpc) is 2.73. The molecule has 7 heteroatoms. The highest BCUT2D eigenvalue weighted by molar-refractivity contribution is 7.16. The van der Waals surface area contributed by atoms with Crippen LogP contribution in [0.2, 0.25) is 4.34 Å². The minimum Gasteiger partial charge on any atom is -0.353 e. The molecule has 0 radical (unpaired) electrons. The summed E-state index contributed by atoms with van der Waals surface area (Å²) < 4.78 is 0.706. The molecule has 0 spiro atoms. The summed E-state index contributed by atoms with van der Waals surface area (Å²) in [6.45, 7) is 0.973. The second-order valence-corrected chi connectivity index (χ2v) is 5.46. The first kappa shape index (κ1) is 12.3. The highest BCUT2D eigenvalue weighted by Crippen LogP contribution is 2.20. The van der Waals surface area contributed by atoms with Gasteiger partial charge in [-0.1, -0.05) is 11.6 Å². The number of hydrogen-bond donors (Lipinski definition) is 3. The Labute approximate surface area is 108 Å². The molecule has 1 aromatic heterocycles. The molecule has 17 heavy (non-hydrogen) atoms. The molecule has 1 saturated heterocycles. The molecule has 2 rings (SSSR count). The van der Waals surface area contributed by atoms with Crippen molar-refractivity contribution in [3.05, 3.63) is 21.3 Å². The minimum atomic E-state index is -0.358. The summed E-state index contributed by atoms with van der Waals surface area (Å²) >= 11 is 7.22. The Bertz CT molecular complexity index is 425. The highest BCUT2D eigenvalue weighted by atomic mass is 35.5. The van der Waals surface area contributed by atoms with Crippen LogP contribution in [0.25, 0.3) is 0 Å². The summed E-state index contributed by atoms with van der Waals surface area (Å²) in [4.78, 5) is 23.6. The van der Waals surface area contributed by atoms with Crippen LogP contribution in [0.15, 0.2) is 12.1 Å². The van der Waals surface area contributed by atoms with Crippen molar-refractivity contribution in [3.63, 3.8) is 0 Å². The lowest BCUT2D eigenvalue weighted by atomic mass is 10.2. The van der Waals surface area contributed by atoms with Gasteiger partial charge in [0.05, 0.1) is 17.4 Å². The first-order valence-electron chi connectivity index (χ1n) is 5.17. The van der Waals surface area contributed by atoms with E-state index in [2.05, 4.69) is 16.0 Å². The van der Waals surface area contributed by atoms with Gasteiger partial charge in [-0.25, -0.2) is 0 Å². The maximum absolute atomic E-state index is 11.7. The summed E-state index contributed by atoms with van der Waals surface area (Å²) in [6.07, 6.45) is 0. The molecule has 0 bridgehead atoms. The zero-order chi connectivity index (χ0) is 12.3. The fourth-order valence-corrected chi connectivity index (χ4v) is 2.52. The predicted octanol–water partition coefficient (Wildman–Crippen LogP) is 0.106. The van der Waals surface area contributed by atoms with Gasteiger partial charge in [0, 0.05) is 11.4 Å². The molecule has 1 aromatic rings. The lowest BCUT2D eigenvalue weighted by Gasteiger charge is -2.22. The molecule has 5 nitrogen and oxygen atoms in total. The van der Waals surface area contributed by atoms with Crippen molar-refractivity contribution in [3.8, 4) is 0 Å². The van der Waals surface area contributed by atoms with E-state index < -0.39 is 0 Å². The van der Waals surface area contributed by atoms with Gasteiger partial charge in [0.2, 0.25) is 11.8 Å². The molecule has 2 heterocycles. The van der Waals surface area contributed by atoms with Gasteiger partial charge in [-0.05, 0) is 12.1 Å². The van der Waals surface area contributed by atoms with E-state index >= 15 is 0 Å². The van der Waals surface area contributed by atoms with Gasteiger partial charge in [-0.3, -0.25) is 14.9 Å². The van der Waals surface area contributed by atoms with Gasteiger partial charge in [-0.2, -0.15) is 0 Å². The monoisotopic (exact) mass is 273 g/mol. The Morgan fingerprint density at radius 3 is 3.00 bits per heavy atom. The van der Waals surface area contributed by atoms with Gasteiger partial charge in [-0.15, -0.1) is 11.3 Å². The quantitative estimate of drug-likeness (QED) is 0.732. The van der Waals surface area contributed by atoms with E-state index in [1.807, 2.05) is 6.07 Å². The number of amides is 2. The SMILES string of the molecule is O=C1CNC(C(=O)NCc2ccc(Cl)s2)CN1. The molecule has 1 fully saturated rings. The fraction of sp³-hybridized carbons (Fsp3) is 0.400. The summed E-state index contributed by atoms with van der Waals surface area (Å²) in [5, 5.41) is 8.29. The fourth-order valence-electron chi connectivity index (χ4n) is 1.50. The van der Waals surface area contributed by atoms with Crippen LogP contribution in [0.3, 0.4) is 0 Å². The van der Waals surface area contributed by atoms with Crippen molar-refractivity contribution in [2.45, 2.75) is 12.6 Å². The number of piperazine rings is 1. The van der Waals surface area contributed by atoms with E-state index in [0.29, 0.717) is 17.4 Å². The van der Waals surface area contributed by atoms with E-state index in [1.165, 1.54) is 11.3 Å². The standard InChI is InChI=1S/C10H12ClN3O2S/c11-8-2-1-6(17-8)3-14-10(16)7-4-13-9(15)5-12-7/h1-2,7,12H,3-5H2,(H,13,15)(H,14,16). The smallest absolute Gasteiger partial charge is 0.239 e. The van der Waals surface area contributed by atoms with E-state index in [1.54, 1.807) is 6.07 Å². The molecule has 1 aliphatic heterocycles. The van der Waals surface area contributed by atoms with Gasteiger partial charge in [0.25, 0.3) is 0 Å². The van der Waals surface area contributed by atoms with Gasteiger partial charge < -0.3 is 10.6 Å². The van der Waals surface area contributed by atoms with Crippen molar-refractivity contribution >= 4 is 34.8 Å². The molecule has 1 aliphatic rings. The molecule has 0 aliphatic carbocycles. The van der Waals surface area contributed by atoms with Crippen LogP contribution in [0.5, 0.6) is 0 Å². The largest absolute Gasteiger partial charge is 0.353 e. The Kier molecular flexibility index (Phi) is 3.98. The Balaban J connectivity index is 1.79. The number of hydrogen-bond acceptors (Lipinski definition) is 4. The van der Waals surface area contributed by atoms with Crippen LogP contribution in [-0.2, 0) is 16.1 Å². The first-order chi connectivity index (χ1) is 8.15. The summed E-state index contributed by atoms with van der Waals surface area (Å²) in [5.41, 5.74) is 0. The van der Waals surface area contributed by atoms with E-state index in [0.717, 1.165) is 4.88 Å². The number of rotatable bonds is 3. The zero-order valence-corrected chi connectivity index (χ0v) is 10.5. The van der Waals surface area contributed by atoms with Crippen LogP contribution in [0.1, 0.15) is 4.88 Å². The molecule has 1 atom stereocenters. The maximum atomic E-state index is 11.7. The predicted molar refractivity (Wildman–Crippen MR) is 66.0 cm³/mol. The average molecular weight is 274 g/mol. The van der Waals surface area contributed by atoms with Crippen molar-refractivity contribution < 1.29 is 9.59 Å². The first-order valence-corrected chi connectivity index (χ1v) is 6.36. The number of thiophene rings is 1. The lowest BCUT2D eigenvalue weighted by Crippen LogP contribution is -2.57. The van der Waals surface area contributed by atoms with Crippen LogP contribution in [-0.4, -0.2) is 30.9 Å². The summed E-state index contributed by atoms with van der Waals surface area (Å²) in [6, 6.07) is 3.32. The third-order valence-electron chi connectivity index (χ3n) is 2.39. The van der Waals surface area contributed by atoms with Gasteiger partial charge in [0.15, 0.2) is 0 Å². The van der Waals surface area contributed by atoms with Crippen LogP contribution < -0.4 is 16.0 Å². The summed E-state index contributed by atoms with van der Waals surface area (Å²) in [5.74, 6) is -0.200. The summed E-state index contributed by atoms with van der Waals surface area (Å²) in [7, 11) is 0. The molecular formula is C10H12ClN3O2S. The van der Waals surface area contributed by atoms with E-state index in [9.17, 15) is 9.59 Å². The topological polar surface area (TPSA) is 70.2 Å². The van der Waals surface area contributed by atoms with Crippen molar-refractivity contribution in [1.29, 1.82) is 0 Å². The molecule has 0 saturated carbocycles. The van der Waals surface area contributed by atoms with Crippen LogP contribution in [0, 0.1) is 0 Å². The number of halogens is 1. The molecule has 3 N–H and O–H groups in total. The van der Waals surface area contributed by atoms with E-state index in [4.69, 9.17) is 11.6 Å². The molecule has 0 aromatic carbocycles. The molecule has 92 valence electrons. The Hall–Kier alpha value is -1.11. The maximum Gasteiger partial charge on any atom is 0.239 e. The number of carbonyl (C=O) groups is 2. The second kappa shape index (κ2) is 5.48. The van der Waals surface area contributed by atoms with Crippen molar-refractivity contribution in [2.24, 2.45) is 0 Å². The highest BCUT2D eigenvalue weighted by Gasteiger charge is 2.23. The lowest BCUT2D eigenvalue weighted by molar-refractivity contribution is -0.126.